The van der Waals surface area contributed by atoms with E-state index in [-0.39, 0.29) is 17.8 Å². The van der Waals surface area contributed by atoms with Gasteiger partial charge < -0.3 is 10.1 Å². The summed E-state index contributed by atoms with van der Waals surface area (Å²) >= 11 is 0. The first-order valence-electron chi connectivity index (χ1n) is 6.95. The topological polar surface area (TPSA) is 21.3 Å². The first-order valence-corrected chi connectivity index (χ1v) is 6.95. The van der Waals surface area contributed by atoms with Crippen molar-refractivity contribution in [1.29, 1.82) is 0 Å². The molecule has 1 fully saturated rings. The van der Waals surface area contributed by atoms with Gasteiger partial charge in [-0.2, -0.15) is 0 Å². The van der Waals surface area contributed by atoms with Crippen LogP contribution in [0.2, 0.25) is 0 Å². The lowest BCUT2D eigenvalue weighted by molar-refractivity contribution is 0.159. The zero-order chi connectivity index (χ0) is 13.2. The van der Waals surface area contributed by atoms with Gasteiger partial charge in [-0.05, 0) is 55.5 Å². The molecular formula is C16H26ClNO. The fraction of sp³-hybridized carbons (Fsp3) is 0.625. The molecule has 2 nitrogen and oxygen atoms in total. The number of nitrogens with one attached hydrogen (secondary N) is 1. The van der Waals surface area contributed by atoms with Crippen molar-refractivity contribution in [3.8, 4) is 5.75 Å². The minimum Gasteiger partial charge on any atom is -0.490 e. The molecule has 19 heavy (non-hydrogen) atoms. The monoisotopic (exact) mass is 283 g/mol. The quantitative estimate of drug-likeness (QED) is 0.890. The fourth-order valence-electron chi connectivity index (χ4n) is 2.44. The van der Waals surface area contributed by atoms with Crippen molar-refractivity contribution in [2.75, 3.05) is 13.1 Å². The van der Waals surface area contributed by atoms with E-state index in [4.69, 9.17) is 4.74 Å². The predicted molar refractivity (Wildman–Crippen MR) is 83.6 cm³/mol. The van der Waals surface area contributed by atoms with Gasteiger partial charge >= 0.3 is 0 Å². The number of halogens is 1. The van der Waals surface area contributed by atoms with Crippen LogP contribution in [0.4, 0.5) is 0 Å². The van der Waals surface area contributed by atoms with Gasteiger partial charge in [0.25, 0.3) is 0 Å². The maximum atomic E-state index is 6.25. The van der Waals surface area contributed by atoms with Crippen LogP contribution in [0.5, 0.6) is 5.75 Å². The summed E-state index contributed by atoms with van der Waals surface area (Å²) in [5, 5.41) is 3.38. The second kappa shape index (κ2) is 6.62. The Morgan fingerprint density at radius 1 is 1.16 bits per heavy atom. The molecular weight excluding hydrogens is 258 g/mol. The summed E-state index contributed by atoms with van der Waals surface area (Å²) in [7, 11) is 0. The largest absolute Gasteiger partial charge is 0.490 e. The molecule has 1 heterocycles. The van der Waals surface area contributed by atoms with E-state index in [1.807, 2.05) is 0 Å². The maximum absolute atomic E-state index is 6.25. The molecule has 0 spiro atoms. The molecule has 2 rings (SSSR count). The Morgan fingerprint density at radius 3 is 2.37 bits per heavy atom. The van der Waals surface area contributed by atoms with Crippen LogP contribution in [0.25, 0.3) is 0 Å². The minimum atomic E-state index is 0. The Bertz CT molecular complexity index is 406. The molecule has 0 bridgehead atoms. The van der Waals surface area contributed by atoms with Crippen LogP contribution in [0.15, 0.2) is 18.2 Å². The van der Waals surface area contributed by atoms with E-state index in [0.29, 0.717) is 6.10 Å². The van der Waals surface area contributed by atoms with Gasteiger partial charge in [0.2, 0.25) is 0 Å². The van der Waals surface area contributed by atoms with Crippen molar-refractivity contribution in [2.45, 2.75) is 52.1 Å². The molecule has 0 amide bonds. The standard InChI is InChI=1S/C16H25NO.ClH/c1-12-5-6-14(16(2,3)4)15(11-12)18-13-7-9-17-10-8-13;/h5-6,11,13,17H,7-10H2,1-4H3;1H. The van der Waals surface area contributed by atoms with Gasteiger partial charge in [-0.3, -0.25) is 0 Å². The van der Waals surface area contributed by atoms with E-state index < -0.39 is 0 Å². The number of piperidine rings is 1. The van der Waals surface area contributed by atoms with E-state index in [9.17, 15) is 0 Å². The summed E-state index contributed by atoms with van der Waals surface area (Å²) in [6.07, 6.45) is 2.59. The van der Waals surface area contributed by atoms with Gasteiger partial charge in [0, 0.05) is 0 Å². The zero-order valence-electron chi connectivity index (χ0n) is 12.5. The predicted octanol–water partition coefficient (Wildman–Crippen LogP) is 3.85. The zero-order valence-corrected chi connectivity index (χ0v) is 13.3. The van der Waals surface area contributed by atoms with Crippen LogP contribution < -0.4 is 10.1 Å². The molecule has 1 aromatic rings. The van der Waals surface area contributed by atoms with E-state index >= 15 is 0 Å². The van der Waals surface area contributed by atoms with Crippen LogP contribution in [0.3, 0.4) is 0 Å². The maximum Gasteiger partial charge on any atom is 0.123 e. The fourth-order valence-corrected chi connectivity index (χ4v) is 2.44. The van der Waals surface area contributed by atoms with E-state index in [2.05, 4.69) is 51.2 Å². The third-order valence-corrected chi connectivity index (χ3v) is 3.52. The van der Waals surface area contributed by atoms with Gasteiger partial charge in [-0.1, -0.05) is 32.9 Å². The van der Waals surface area contributed by atoms with Crippen LogP contribution >= 0.6 is 12.4 Å². The van der Waals surface area contributed by atoms with Gasteiger partial charge in [0.05, 0.1) is 0 Å². The Balaban J connectivity index is 0.00000180. The molecule has 0 aliphatic carbocycles. The number of hydrogen-bond donors (Lipinski definition) is 1. The van der Waals surface area contributed by atoms with Crippen LogP contribution in [-0.4, -0.2) is 19.2 Å². The first-order chi connectivity index (χ1) is 8.47. The summed E-state index contributed by atoms with van der Waals surface area (Å²) in [6.45, 7) is 11.0. The highest BCUT2D eigenvalue weighted by molar-refractivity contribution is 5.85. The third-order valence-electron chi connectivity index (χ3n) is 3.52. The van der Waals surface area contributed by atoms with E-state index in [0.717, 1.165) is 31.7 Å². The van der Waals surface area contributed by atoms with Gasteiger partial charge in [-0.25, -0.2) is 0 Å². The Kier molecular flexibility index (Phi) is 5.69. The second-order valence-corrected chi connectivity index (χ2v) is 6.32. The number of hydrogen-bond acceptors (Lipinski definition) is 2. The first kappa shape index (κ1) is 16.3. The van der Waals surface area contributed by atoms with Crippen molar-refractivity contribution < 1.29 is 4.74 Å². The molecule has 1 N–H and O–H groups in total. The third kappa shape index (κ3) is 4.39. The highest BCUT2D eigenvalue weighted by Gasteiger charge is 2.22. The normalized spacial score (nSPS) is 16.8. The van der Waals surface area contributed by atoms with E-state index in [1.165, 1.54) is 11.1 Å². The smallest absolute Gasteiger partial charge is 0.123 e. The summed E-state index contributed by atoms with van der Waals surface area (Å²) in [5.41, 5.74) is 2.72. The van der Waals surface area contributed by atoms with Crippen LogP contribution in [0, 0.1) is 6.92 Å². The molecule has 3 heteroatoms. The Morgan fingerprint density at radius 2 is 1.79 bits per heavy atom. The Labute approximate surface area is 123 Å². The summed E-state index contributed by atoms with van der Waals surface area (Å²) in [5.74, 6) is 1.08. The second-order valence-electron chi connectivity index (χ2n) is 6.32. The molecule has 108 valence electrons. The average Bonchev–Trinajstić information content (AvgIpc) is 2.28. The molecule has 0 atom stereocenters. The van der Waals surface area contributed by atoms with E-state index in [1.54, 1.807) is 0 Å². The molecule has 1 aliphatic rings. The summed E-state index contributed by atoms with van der Waals surface area (Å²) < 4.78 is 6.25. The van der Waals surface area contributed by atoms with Crippen molar-refractivity contribution in [1.82, 2.24) is 5.32 Å². The molecule has 0 saturated carbocycles. The summed E-state index contributed by atoms with van der Waals surface area (Å²) in [4.78, 5) is 0. The van der Waals surface area contributed by atoms with Crippen molar-refractivity contribution >= 4 is 12.4 Å². The molecule has 0 unspecified atom stereocenters. The number of benzene rings is 1. The van der Waals surface area contributed by atoms with Gasteiger partial charge in [0.1, 0.15) is 11.9 Å². The van der Waals surface area contributed by atoms with Crippen LogP contribution in [-0.2, 0) is 5.41 Å². The number of ether oxygens (including phenoxy) is 1. The average molecular weight is 284 g/mol. The number of aryl methyl sites for hydroxylation is 1. The van der Waals surface area contributed by atoms with Crippen molar-refractivity contribution in [3.05, 3.63) is 29.3 Å². The van der Waals surface area contributed by atoms with Crippen molar-refractivity contribution in [2.24, 2.45) is 0 Å². The van der Waals surface area contributed by atoms with Gasteiger partial charge in [0.15, 0.2) is 0 Å². The SMILES string of the molecule is Cc1ccc(C(C)(C)C)c(OC2CCNCC2)c1.Cl. The Hall–Kier alpha value is -0.730. The lowest BCUT2D eigenvalue weighted by Gasteiger charge is -2.28. The molecule has 1 saturated heterocycles. The highest BCUT2D eigenvalue weighted by atomic mass is 35.5. The molecule has 1 aliphatic heterocycles. The minimum absolute atomic E-state index is 0. The number of rotatable bonds is 2. The van der Waals surface area contributed by atoms with Crippen LogP contribution in [0.1, 0.15) is 44.7 Å². The molecule has 0 radical (unpaired) electrons. The summed E-state index contributed by atoms with van der Waals surface area (Å²) in [6, 6.07) is 6.57. The highest BCUT2D eigenvalue weighted by Crippen LogP contribution is 2.33. The lowest BCUT2D eigenvalue weighted by Crippen LogP contribution is -2.34. The molecule has 1 aromatic carbocycles. The van der Waals surface area contributed by atoms with Gasteiger partial charge in [-0.15, -0.1) is 12.4 Å². The molecule has 0 aromatic heterocycles. The van der Waals surface area contributed by atoms with Crippen molar-refractivity contribution in [3.63, 3.8) is 0 Å². The lowest BCUT2D eigenvalue weighted by atomic mass is 9.86.